The largest absolute Gasteiger partial charge is 0.455 e. The molecule has 29 heavy (non-hydrogen) atoms. The van der Waals surface area contributed by atoms with E-state index in [1.165, 1.54) is 5.56 Å². The van der Waals surface area contributed by atoms with Crippen LogP contribution in [0.5, 0.6) is 0 Å². The van der Waals surface area contributed by atoms with E-state index in [0.717, 1.165) is 36.8 Å². The van der Waals surface area contributed by atoms with Crippen molar-refractivity contribution < 1.29 is 22.7 Å². The molecule has 0 bridgehead atoms. The van der Waals surface area contributed by atoms with Crippen LogP contribution in [0.15, 0.2) is 53.4 Å². The van der Waals surface area contributed by atoms with Crippen molar-refractivity contribution in [2.75, 3.05) is 13.2 Å². The van der Waals surface area contributed by atoms with Crippen LogP contribution < -0.4 is 10.0 Å². The number of ether oxygens (including phenoxy) is 1. The summed E-state index contributed by atoms with van der Waals surface area (Å²) in [6.07, 6.45) is 3.98. The van der Waals surface area contributed by atoms with Crippen molar-refractivity contribution in [3.63, 3.8) is 0 Å². The van der Waals surface area contributed by atoms with Crippen molar-refractivity contribution in [3.8, 4) is 0 Å². The third kappa shape index (κ3) is 6.13. The first-order valence-electron chi connectivity index (χ1n) is 9.52. The molecule has 0 fully saturated rings. The van der Waals surface area contributed by atoms with Crippen LogP contribution in [0.3, 0.4) is 0 Å². The number of carbonyl (C=O) groups is 2. The molecule has 0 saturated carbocycles. The van der Waals surface area contributed by atoms with Crippen LogP contribution in [-0.2, 0) is 43.7 Å². The minimum atomic E-state index is -3.83. The van der Waals surface area contributed by atoms with E-state index in [0.29, 0.717) is 6.54 Å². The van der Waals surface area contributed by atoms with Gasteiger partial charge in [-0.3, -0.25) is 9.59 Å². The molecule has 154 valence electrons. The third-order valence-electron chi connectivity index (χ3n) is 4.73. The molecule has 2 aromatic carbocycles. The van der Waals surface area contributed by atoms with E-state index in [1.807, 2.05) is 36.4 Å². The van der Waals surface area contributed by atoms with Crippen LogP contribution in [0.1, 0.15) is 29.5 Å². The summed E-state index contributed by atoms with van der Waals surface area (Å²) in [4.78, 5) is 23.7. The number of aryl methyl sites for hydroxylation is 2. The zero-order valence-corrected chi connectivity index (χ0v) is 16.8. The predicted molar refractivity (Wildman–Crippen MR) is 108 cm³/mol. The summed E-state index contributed by atoms with van der Waals surface area (Å²) in [6, 6.07) is 14.4. The van der Waals surface area contributed by atoms with Crippen LogP contribution in [0.25, 0.3) is 0 Å². The third-order valence-corrected chi connectivity index (χ3v) is 6.13. The standard InChI is InChI=1S/C21H24N2O5S/c24-20(22-13-16-6-2-1-3-7-16)15-28-21(25)14-23-29(26,27)19-11-10-17-8-4-5-9-18(17)12-19/h1-3,6-7,10-12,23H,4-5,8-9,13-15H2,(H,22,24). The molecule has 0 radical (unpaired) electrons. The fourth-order valence-corrected chi connectivity index (χ4v) is 4.18. The summed E-state index contributed by atoms with van der Waals surface area (Å²) >= 11 is 0. The van der Waals surface area contributed by atoms with Gasteiger partial charge in [-0.2, -0.15) is 4.72 Å². The second-order valence-corrected chi connectivity index (χ2v) is 8.65. The zero-order valence-electron chi connectivity index (χ0n) is 16.0. The molecule has 0 spiro atoms. The van der Waals surface area contributed by atoms with Gasteiger partial charge in [-0.25, -0.2) is 8.42 Å². The Balaban J connectivity index is 1.44. The zero-order chi connectivity index (χ0) is 20.7. The smallest absolute Gasteiger partial charge is 0.321 e. The van der Waals surface area contributed by atoms with E-state index >= 15 is 0 Å². The van der Waals surface area contributed by atoms with Gasteiger partial charge in [0.25, 0.3) is 5.91 Å². The van der Waals surface area contributed by atoms with Gasteiger partial charge in [-0.15, -0.1) is 0 Å². The molecule has 1 aliphatic carbocycles. The number of fused-ring (bicyclic) bond motifs is 1. The first kappa shape index (κ1) is 21.0. The van der Waals surface area contributed by atoms with Gasteiger partial charge in [0.15, 0.2) is 6.61 Å². The maximum Gasteiger partial charge on any atom is 0.321 e. The van der Waals surface area contributed by atoms with Gasteiger partial charge in [-0.1, -0.05) is 36.4 Å². The number of rotatable bonds is 8. The monoisotopic (exact) mass is 416 g/mol. The number of carbonyl (C=O) groups excluding carboxylic acids is 2. The summed E-state index contributed by atoms with van der Waals surface area (Å²) in [7, 11) is -3.83. The molecule has 2 N–H and O–H groups in total. The van der Waals surface area contributed by atoms with Gasteiger partial charge >= 0.3 is 5.97 Å². The van der Waals surface area contributed by atoms with Crippen molar-refractivity contribution in [2.24, 2.45) is 0 Å². The van der Waals surface area contributed by atoms with E-state index in [2.05, 4.69) is 10.0 Å². The highest BCUT2D eigenvalue weighted by Gasteiger charge is 2.19. The SMILES string of the molecule is O=C(COC(=O)CNS(=O)(=O)c1ccc2c(c1)CCCC2)NCc1ccccc1. The second kappa shape index (κ2) is 9.67. The van der Waals surface area contributed by atoms with Crippen LogP contribution >= 0.6 is 0 Å². The summed E-state index contributed by atoms with van der Waals surface area (Å²) in [5.74, 6) is -1.28. The normalized spacial score (nSPS) is 13.4. The maximum absolute atomic E-state index is 12.4. The highest BCUT2D eigenvalue weighted by atomic mass is 32.2. The Kier molecular flexibility index (Phi) is 7.00. The quantitative estimate of drug-likeness (QED) is 0.638. The van der Waals surface area contributed by atoms with Gasteiger partial charge in [0.2, 0.25) is 10.0 Å². The molecule has 3 rings (SSSR count). The molecule has 0 heterocycles. The molecule has 0 saturated heterocycles. The van der Waals surface area contributed by atoms with E-state index in [-0.39, 0.29) is 4.90 Å². The van der Waals surface area contributed by atoms with Crippen molar-refractivity contribution in [3.05, 3.63) is 65.2 Å². The molecule has 0 aromatic heterocycles. The minimum absolute atomic E-state index is 0.131. The minimum Gasteiger partial charge on any atom is -0.455 e. The highest BCUT2D eigenvalue weighted by molar-refractivity contribution is 7.89. The van der Waals surface area contributed by atoms with Crippen LogP contribution in [0.4, 0.5) is 0 Å². The van der Waals surface area contributed by atoms with Crippen molar-refractivity contribution >= 4 is 21.9 Å². The summed E-state index contributed by atoms with van der Waals surface area (Å²) in [5.41, 5.74) is 3.14. The Hall–Kier alpha value is -2.71. The first-order valence-corrected chi connectivity index (χ1v) is 11.0. The Bertz CT molecular complexity index is 974. The van der Waals surface area contributed by atoms with E-state index in [1.54, 1.807) is 12.1 Å². The van der Waals surface area contributed by atoms with E-state index in [9.17, 15) is 18.0 Å². The van der Waals surface area contributed by atoms with E-state index in [4.69, 9.17) is 4.74 Å². The summed E-state index contributed by atoms with van der Waals surface area (Å²) in [5, 5.41) is 2.63. The topological polar surface area (TPSA) is 102 Å². The van der Waals surface area contributed by atoms with Gasteiger partial charge in [0, 0.05) is 6.54 Å². The molecule has 0 atom stereocenters. The molecule has 2 aromatic rings. The number of benzene rings is 2. The molecular weight excluding hydrogens is 392 g/mol. The lowest BCUT2D eigenvalue weighted by Crippen LogP contribution is -2.33. The summed E-state index contributed by atoms with van der Waals surface area (Å²) in [6.45, 7) is -0.681. The lowest BCUT2D eigenvalue weighted by Gasteiger charge is -2.16. The average Bonchev–Trinajstić information content (AvgIpc) is 2.75. The first-order chi connectivity index (χ1) is 13.9. The van der Waals surface area contributed by atoms with Gasteiger partial charge in [0.05, 0.1) is 4.90 Å². The molecule has 1 aliphatic rings. The Morgan fingerprint density at radius 2 is 1.69 bits per heavy atom. The van der Waals surface area contributed by atoms with Crippen molar-refractivity contribution in [2.45, 2.75) is 37.1 Å². The lowest BCUT2D eigenvalue weighted by atomic mass is 9.92. The predicted octanol–water partition coefficient (Wildman–Crippen LogP) is 1.70. The van der Waals surface area contributed by atoms with Gasteiger partial charge in [0.1, 0.15) is 6.54 Å². The molecule has 7 nitrogen and oxygen atoms in total. The maximum atomic E-state index is 12.4. The number of esters is 1. The van der Waals surface area contributed by atoms with Crippen LogP contribution in [0, 0.1) is 0 Å². The molecule has 1 amide bonds. The fraction of sp³-hybridized carbons (Fsp3) is 0.333. The van der Waals surface area contributed by atoms with Crippen LogP contribution in [0.2, 0.25) is 0 Å². The van der Waals surface area contributed by atoms with Gasteiger partial charge < -0.3 is 10.1 Å². The average molecular weight is 416 g/mol. The molecular formula is C21H24N2O5S. The Morgan fingerprint density at radius 1 is 0.966 bits per heavy atom. The number of sulfonamides is 1. The number of hydrogen-bond donors (Lipinski definition) is 2. The van der Waals surface area contributed by atoms with Crippen molar-refractivity contribution in [1.29, 1.82) is 0 Å². The van der Waals surface area contributed by atoms with Gasteiger partial charge in [-0.05, 0) is 54.5 Å². The lowest BCUT2D eigenvalue weighted by molar-refractivity contribution is -0.147. The number of hydrogen-bond acceptors (Lipinski definition) is 5. The van der Waals surface area contributed by atoms with Crippen LogP contribution in [-0.4, -0.2) is 33.4 Å². The number of amides is 1. The second-order valence-electron chi connectivity index (χ2n) is 6.89. The van der Waals surface area contributed by atoms with Crippen molar-refractivity contribution in [1.82, 2.24) is 10.0 Å². The Labute approximate surface area is 170 Å². The molecule has 0 unspecified atom stereocenters. The highest BCUT2D eigenvalue weighted by Crippen LogP contribution is 2.23. The number of nitrogens with one attached hydrogen (secondary N) is 2. The molecule has 8 heteroatoms. The molecule has 0 aliphatic heterocycles. The summed E-state index contributed by atoms with van der Waals surface area (Å²) < 4.78 is 31.9. The Morgan fingerprint density at radius 3 is 2.45 bits per heavy atom. The van der Waals surface area contributed by atoms with E-state index < -0.39 is 35.1 Å². The fourth-order valence-electron chi connectivity index (χ4n) is 3.16.